The van der Waals surface area contributed by atoms with E-state index >= 15 is 0 Å². The van der Waals surface area contributed by atoms with E-state index in [4.69, 9.17) is 11.6 Å². The van der Waals surface area contributed by atoms with Gasteiger partial charge in [-0.25, -0.2) is 0 Å². The first-order valence-electron chi connectivity index (χ1n) is 11.2. The highest BCUT2D eigenvalue weighted by molar-refractivity contribution is 7.18. The lowest BCUT2D eigenvalue weighted by Gasteiger charge is -2.19. The van der Waals surface area contributed by atoms with Crippen molar-refractivity contribution in [2.24, 2.45) is 0 Å². The molecule has 2 amide bonds. The van der Waals surface area contributed by atoms with Gasteiger partial charge in [-0.3, -0.25) is 9.59 Å². The Morgan fingerprint density at radius 2 is 1.85 bits per heavy atom. The number of aryl methyl sites for hydroxylation is 1. The van der Waals surface area contributed by atoms with E-state index in [0.717, 1.165) is 31.5 Å². The first-order valence-corrected chi connectivity index (χ1v) is 12.4. The maximum Gasteiger partial charge on any atom is 0.262 e. The summed E-state index contributed by atoms with van der Waals surface area (Å²) >= 11 is 7.15. The van der Waals surface area contributed by atoms with Gasteiger partial charge in [0, 0.05) is 25.2 Å². The number of thiophene rings is 1. The summed E-state index contributed by atoms with van der Waals surface area (Å²) in [6, 6.07) is 13.7. The normalized spacial score (nSPS) is 14.7. The van der Waals surface area contributed by atoms with E-state index < -0.39 is 6.04 Å². The molecule has 178 valence electrons. The van der Waals surface area contributed by atoms with Gasteiger partial charge in [0.25, 0.3) is 5.91 Å². The van der Waals surface area contributed by atoms with Crippen LogP contribution in [-0.4, -0.2) is 48.0 Å². The van der Waals surface area contributed by atoms with Gasteiger partial charge >= 0.3 is 0 Å². The Hall–Kier alpha value is -2.87. The van der Waals surface area contributed by atoms with Crippen LogP contribution < -0.4 is 10.6 Å². The molecule has 0 saturated carbocycles. The largest absolute Gasteiger partial charge is 0.508 e. The molecule has 0 saturated heterocycles. The third-order valence-electron chi connectivity index (χ3n) is 6.12. The quantitative estimate of drug-likeness (QED) is 0.470. The molecular weight excluding hydrogens is 470 g/mol. The molecule has 3 aromatic rings. The van der Waals surface area contributed by atoms with Crippen LogP contribution in [0.2, 0.25) is 4.34 Å². The number of fused-ring (bicyclic) bond motifs is 1. The van der Waals surface area contributed by atoms with Gasteiger partial charge in [-0.2, -0.15) is 0 Å². The smallest absolute Gasteiger partial charge is 0.262 e. The van der Waals surface area contributed by atoms with Crippen molar-refractivity contribution >= 4 is 40.4 Å². The highest BCUT2D eigenvalue weighted by Crippen LogP contribution is 2.23. The van der Waals surface area contributed by atoms with Crippen LogP contribution in [0.1, 0.15) is 31.9 Å². The van der Waals surface area contributed by atoms with Crippen LogP contribution in [0, 0.1) is 6.92 Å². The van der Waals surface area contributed by atoms with E-state index in [1.165, 1.54) is 22.5 Å². The zero-order valence-corrected chi connectivity index (χ0v) is 20.8. The highest BCUT2D eigenvalue weighted by Gasteiger charge is 2.24. The standard InChI is InChI=1S/C26H28ClN3O3S/c1-16-13-17(3-6-22(16)31)14-21(29-26(33)23-7-8-24(27)34-23)25(32)28-20-5-4-18-9-11-30(2)12-10-19(18)15-20/h3-8,13,15,21,31H,9-12,14H2,1-2H3,(H,28,32)(H,29,33). The second kappa shape index (κ2) is 10.6. The molecular formula is C26H28ClN3O3S. The minimum Gasteiger partial charge on any atom is -0.508 e. The predicted octanol–water partition coefficient (Wildman–Crippen LogP) is 4.43. The summed E-state index contributed by atoms with van der Waals surface area (Å²) in [6.45, 7) is 3.80. The second-order valence-corrected chi connectivity index (χ2v) is 10.4. The van der Waals surface area contributed by atoms with E-state index in [9.17, 15) is 14.7 Å². The third-order valence-corrected chi connectivity index (χ3v) is 7.35. The van der Waals surface area contributed by atoms with Gasteiger partial charge < -0.3 is 20.6 Å². The molecule has 2 aromatic carbocycles. The van der Waals surface area contributed by atoms with Crippen molar-refractivity contribution in [2.45, 2.75) is 32.2 Å². The van der Waals surface area contributed by atoms with Crippen molar-refractivity contribution < 1.29 is 14.7 Å². The molecule has 0 bridgehead atoms. The first kappa shape index (κ1) is 24.3. The summed E-state index contributed by atoms with van der Waals surface area (Å²) in [4.78, 5) is 28.9. The molecule has 1 atom stereocenters. The minimum atomic E-state index is -0.803. The van der Waals surface area contributed by atoms with Crippen molar-refractivity contribution in [2.75, 3.05) is 25.5 Å². The number of rotatable bonds is 6. The number of phenolic OH excluding ortho intramolecular Hbond substituents is 1. The number of carbonyl (C=O) groups excluding carboxylic acids is 2. The second-order valence-electron chi connectivity index (χ2n) is 8.73. The SMILES string of the molecule is Cc1cc(CC(NC(=O)c2ccc(Cl)s2)C(=O)Nc2ccc3c(c2)CCN(C)CC3)ccc1O. The zero-order chi connectivity index (χ0) is 24.2. The molecule has 1 aliphatic rings. The summed E-state index contributed by atoms with van der Waals surface area (Å²) in [5, 5.41) is 15.7. The number of hydrogen-bond acceptors (Lipinski definition) is 5. The fourth-order valence-corrected chi connectivity index (χ4v) is 5.05. The van der Waals surface area contributed by atoms with Crippen molar-refractivity contribution in [3.63, 3.8) is 0 Å². The van der Waals surface area contributed by atoms with Crippen LogP contribution in [0.4, 0.5) is 5.69 Å². The Labute approximate surface area is 208 Å². The number of benzene rings is 2. The van der Waals surface area contributed by atoms with Crippen molar-refractivity contribution in [3.05, 3.63) is 80.0 Å². The molecule has 0 fully saturated rings. The lowest BCUT2D eigenvalue weighted by Crippen LogP contribution is -2.45. The number of hydrogen-bond donors (Lipinski definition) is 3. The summed E-state index contributed by atoms with van der Waals surface area (Å²) in [5.74, 6) is -0.456. The average Bonchev–Trinajstić information content (AvgIpc) is 3.16. The lowest BCUT2D eigenvalue weighted by atomic mass is 10.0. The maximum absolute atomic E-state index is 13.3. The molecule has 0 spiro atoms. The average molecular weight is 498 g/mol. The Bertz CT molecular complexity index is 1210. The van der Waals surface area contributed by atoms with Crippen LogP contribution in [-0.2, 0) is 24.1 Å². The number of carbonyl (C=O) groups is 2. The van der Waals surface area contributed by atoms with Crippen molar-refractivity contribution in [3.8, 4) is 5.75 Å². The number of likely N-dealkylation sites (N-methyl/N-ethyl adjacent to an activating group) is 1. The molecule has 1 aromatic heterocycles. The summed E-state index contributed by atoms with van der Waals surface area (Å²) < 4.78 is 0.510. The van der Waals surface area contributed by atoms with Gasteiger partial charge in [0.2, 0.25) is 5.91 Å². The number of nitrogens with zero attached hydrogens (tertiary/aromatic N) is 1. The van der Waals surface area contributed by atoms with Gasteiger partial charge in [-0.05, 0) is 79.4 Å². The van der Waals surface area contributed by atoms with E-state index in [1.807, 2.05) is 18.2 Å². The third kappa shape index (κ3) is 5.97. The van der Waals surface area contributed by atoms with Gasteiger partial charge in [0.1, 0.15) is 11.8 Å². The van der Waals surface area contributed by atoms with Gasteiger partial charge in [0.05, 0.1) is 9.21 Å². The summed E-state index contributed by atoms with van der Waals surface area (Å²) in [7, 11) is 2.12. The van der Waals surface area contributed by atoms with E-state index in [0.29, 0.717) is 20.5 Å². The lowest BCUT2D eigenvalue weighted by molar-refractivity contribution is -0.118. The monoisotopic (exact) mass is 497 g/mol. The number of amides is 2. The fraction of sp³-hybridized carbons (Fsp3) is 0.308. The number of nitrogens with one attached hydrogen (secondary N) is 2. The molecule has 1 aliphatic heterocycles. The van der Waals surface area contributed by atoms with Crippen LogP contribution in [0.5, 0.6) is 5.75 Å². The zero-order valence-electron chi connectivity index (χ0n) is 19.2. The summed E-state index contributed by atoms with van der Waals surface area (Å²) in [5.41, 5.74) is 4.81. The Morgan fingerprint density at radius 3 is 2.56 bits per heavy atom. The topological polar surface area (TPSA) is 81.7 Å². The predicted molar refractivity (Wildman–Crippen MR) is 137 cm³/mol. The van der Waals surface area contributed by atoms with Crippen LogP contribution in [0.3, 0.4) is 0 Å². The molecule has 0 radical (unpaired) electrons. The molecule has 4 rings (SSSR count). The number of aromatic hydroxyl groups is 1. The van der Waals surface area contributed by atoms with E-state index in [2.05, 4.69) is 28.6 Å². The van der Waals surface area contributed by atoms with Gasteiger partial charge in [0.15, 0.2) is 0 Å². The van der Waals surface area contributed by atoms with Crippen molar-refractivity contribution in [1.29, 1.82) is 0 Å². The van der Waals surface area contributed by atoms with Crippen LogP contribution in [0.15, 0.2) is 48.5 Å². The molecule has 8 heteroatoms. The Morgan fingerprint density at radius 1 is 1.09 bits per heavy atom. The van der Waals surface area contributed by atoms with Crippen LogP contribution >= 0.6 is 22.9 Å². The van der Waals surface area contributed by atoms with Crippen molar-refractivity contribution in [1.82, 2.24) is 10.2 Å². The Kier molecular flexibility index (Phi) is 7.56. The van der Waals surface area contributed by atoms with E-state index in [1.54, 1.807) is 31.2 Å². The molecule has 1 unspecified atom stereocenters. The number of phenols is 1. The number of anilines is 1. The molecule has 3 N–H and O–H groups in total. The molecule has 6 nitrogen and oxygen atoms in total. The summed E-state index contributed by atoms with van der Waals surface area (Å²) in [6.07, 6.45) is 2.21. The molecule has 34 heavy (non-hydrogen) atoms. The Balaban J connectivity index is 1.54. The molecule has 2 heterocycles. The van der Waals surface area contributed by atoms with Gasteiger partial charge in [-0.1, -0.05) is 29.8 Å². The maximum atomic E-state index is 13.3. The fourth-order valence-electron chi connectivity index (χ4n) is 4.10. The van der Waals surface area contributed by atoms with Crippen LogP contribution in [0.25, 0.3) is 0 Å². The first-order chi connectivity index (χ1) is 16.3. The highest BCUT2D eigenvalue weighted by atomic mass is 35.5. The molecule has 0 aliphatic carbocycles. The van der Waals surface area contributed by atoms with E-state index in [-0.39, 0.29) is 24.0 Å². The van der Waals surface area contributed by atoms with Gasteiger partial charge in [-0.15, -0.1) is 11.3 Å². The number of halogens is 1. The minimum absolute atomic E-state index is 0.192.